The van der Waals surface area contributed by atoms with Crippen molar-refractivity contribution < 1.29 is 9.59 Å². The minimum Gasteiger partial charge on any atom is -0.369 e. The van der Waals surface area contributed by atoms with Gasteiger partial charge in [-0.3, -0.25) is 19.8 Å². The van der Waals surface area contributed by atoms with Crippen LogP contribution in [-0.2, 0) is 9.59 Å². The van der Waals surface area contributed by atoms with Crippen LogP contribution in [0, 0.1) is 0 Å². The van der Waals surface area contributed by atoms with Gasteiger partial charge in [0, 0.05) is 12.1 Å². The molecular formula is C18H22N6O2. The van der Waals surface area contributed by atoms with Crippen LogP contribution in [0.5, 0.6) is 0 Å². The molecule has 1 saturated carbocycles. The first-order valence-electron chi connectivity index (χ1n) is 8.92. The zero-order valence-electron chi connectivity index (χ0n) is 14.4. The lowest BCUT2D eigenvalue weighted by Crippen LogP contribution is -2.58. The Morgan fingerprint density at radius 1 is 1.08 bits per heavy atom. The lowest BCUT2D eigenvalue weighted by atomic mass is 9.87. The van der Waals surface area contributed by atoms with E-state index in [9.17, 15) is 9.59 Å². The van der Waals surface area contributed by atoms with Crippen molar-refractivity contribution in [3.63, 3.8) is 0 Å². The van der Waals surface area contributed by atoms with Gasteiger partial charge < -0.3 is 11.5 Å². The number of carbonyl (C=O) groups excluding carboxylic acids is 2. The fourth-order valence-electron chi connectivity index (χ4n) is 4.17. The first kappa shape index (κ1) is 16.6. The van der Waals surface area contributed by atoms with Crippen LogP contribution < -0.4 is 21.7 Å². The molecule has 0 radical (unpaired) electrons. The van der Waals surface area contributed by atoms with Gasteiger partial charge in [0.2, 0.25) is 23.7 Å². The SMILES string of the molecule is NC1=NC2(CCCCC2)N(c2ccc(C3CC(=O)NC3=O)cc2)C(N)=N1. The highest BCUT2D eigenvalue weighted by molar-refractivity contribution is 6.07. The summed E-state index contributed by atoms with van der Waals surface area (Å²) in [5, 5.41) is 2.34. The normalized spacial score (nSPS) is 25.1. The molecule has 136 valence electrons. The average molecular weight is 354 g/mol. The van der Waals surface area contributed by atoms with Crippen molar-refractivity contribution in [2.24, 2.45) is 21.5 Å². The highest BCUT2D eigenvalue weighted by Crippen LogP contribution is 2.39. The topological polar surface area (TPSA) is 126 Å². The number of rotatable bonds is 2. The van der Waals surface area contributed by atoms with Gasteiger partial charge in [-0.2, -0.15) is 4.99 Å². The molecule has 5 N–H and O–H groups in total. The molecule has 2 amide bonds. The van der Waals surface area contributed by atoms with Crippen molar-refractivity contribution in [2.75, 3.05) is 4.90 Å². The molecule has 2 aliphatic heterocycles. The van der Waals surface area contributed by atoms with Crippen LogP contribution in [0.2, 0.25) is 0 Å². The molecule has 1 aliphatic carbocycles. The van der Waals surface area contributed by atoms with Gasteiger partial charge in [0.1, 0.15) is 5.66 Å². The fourth-order valence-corrected chi connectivity index (χ4v) is 4.17. The van der Waals surface area contributed by atoms with Crippen LogP contribution in [0.15, 0.2) is 34.3 Å². The van der Waals surface area contributed by atoms with Crippen molar-refractivity contribution in [3.8, 4) is 0 Å². The Kier molecular flexibility index (Phi) is 3.90. The van der Waals surface area contributed by atoms with E-state index in [-0.39, 0.29) is 24.2 Å². The van der Waals surface area contributed by atoms with Crippen LogP contribution in [0.25, 0.3) is 0 Å². The van der Waals surface area contributed by atoms with Crippen molar-refractivity contribution >= 4 is 29.4 Å². The molecule has 2 heterocycles. The Morgan fingerprint density at radius 3 is 2.38 bits per heavy atom. The Morgan fingerprint density at radius 2 is 1.77 bits per heavy atom. The number of benzene rings is 1. The molecule has 0 bridgehead atoms. The second kappa shape index (κ2) is 6.12. The summed E-state index contributed by atoms with van der Waals surface area (Å²) in [6.07, 6.45) is 5.21. The van der Waals surface area contributed by atoms with Gasteiger partial charge in [0.15, 0.2) is 0 Å². The van der Waals surface area contributed by atoms with Gasteiger partial charge >= 0.3 is 0 Å². The summed E-state index contributed by atoms with van der Waals surface area (Å²) in [6, 6.07) is 7.54. The summed E-state index contributed by atoms with van der Waals surface area (Å²) in [4.78, 5) is 34.1. The lowest BCUT2D eigenvalue weighted by molar-refractivity contribution is -0.125. The van der Waals surface area contributed by atoms with Crippen molar-refractivity contribution in [3.05, 3.63) is 29.8 Å². The van der Waals surface area contributed by atoms with E-state index in [1.54, 1.807) is 0 Å². The van der Waals surface area contributed by atoms with Crippen LogP contribution in [0.1, 0.15) is 50.0 Å². The molecule has 1 unspecified atom stereocenters. The van der Waals surface area contributed by atoms with E-state index in [0.29, 0.717) is 5.96 Å². The number of aliphatic imine (C=N–C) groups is 2. The maximum atomic E-state index is 11.9. The molecule has 3 aliphatic rings. The van der Waals surface area contributed by atoms with Gasteiger partial charge in [-0.25, -0.2) is 4.99 Å². The standard InChI is InChI=1S/C18H22N6O2/c19-16-22-17(20)24(18(23-16)8-2-1-3-9-18)12-6-4-11(5-7-12)13-10-14(25)21-15(13)26/h4-7,13H,1-3,8-10H2,(H,21,25,26)(H4,19,20,22,23). The Hall–Kier alpha value is -2.90. The first-order valence-corrected chi connectivity index (χ1v) is 8.92. The van der Waals surface area contributed by atoms with E-state index >= 15 is 0 Å². The van der Waals surface area contributed by atoms with Crippen molar-refractivity contribution in [1.29, 1.82) is 0 Å². The maximum Gasteiger partial charge on any atom is 0.234 e. The number of guanidine groups is 2. The molecule has 8 heteroatoms. The summed E-state index contributed by atoms with van der Waals surface area (Å²) in [6.45, 7) is 0. The fraction of sp³-hybridized carbons (Fsp3) is 0.444. The van der Waals surface area contributed by atoms with Crippen LogP contribution >= 0.6 is 0 Å². The number of anilines is 1. The Bertz CT molecular complexity index is 807. The van der Waals surface area contributed by atoms with E-state index < -0.39 is 11.6 Å². The van der Waals surface area contributed by atoms with Crippen molar-refractivity contribution in [2.45, 2.75) is 50.1 Å². The average Bonchev–Trinajstić information content (AvgIpc) is 2.94. The minimum absolute atomic E-state index is 0.191. The second-order valence-corrected chi connectivity index (χ2v) is 7.08. The summed E-state index contributed by atoms with van der Waals surface area (Å²) in [5.74, 6) is -0.356. The molecule has 1 saturated heterocycles. The zero-order valence-corrected chi connectivity index (χ0v) is 14.4. The number of hydrogen-bond donors (Lipinski definition) is 3. The third-order valence-corrected chi connectivity index (χ3v) is 5.37. The first-order chi connectivity index (χ1) is 12.5. The van der Waals surface area contributed by atoms with E-state index in [0.717, 1.165) is 36.9 Å². The molecule has 0 aromatic heterocycles. The number of nitrogens with zero attached hydrogens (tertiary/aromatic N) is 3. The third kappa shape index (κ3) is 2.71. The zero-order chi connectivity index (χ0) is 18.3. The van der Waals surface area contributed by atoms with Crippen LogP contribution in [-0.4, -0.2) is 29.4 Å². The van der Waals surface area contributed by atoms with Gasteiger partial charge in [-0.05, 0) is 43.4 Å². The summed E-state index contributed by atoms with van der Waals surface area (Å²) in [7, 11) is 0. The summed E-state index contributed by atoms with van der Waals surface area (Å²) >= 11 is 0. The quantitative estimate of drug-likeness (QED) is 0.681. The summed E-state index contributed by atoms with van der Waals surface area (Å²) < 4.78 is 0. The molecule has 4 rings (SSSR count). The van der Waals surface area contributed by atoms with E-state index in [1.165, 1.54) is 6.42 Å². The smallest absolute Gasteiger partial charge is 0.234 e. The molecule has 1 spiro atoms. The van der Waals surface area contributed by atoms with Gasteiger partial charge in [-0.1, -0.05) is 18.6 Å². The molecule has 26 heavy (non-hydrogen) atoms. The number of nitrogens with two attached hydrogens (primary N) is 2. The number of carbonyl (C=O) groups is 2. The molecule has 2 fully saturated rings. The van der Waals surface area contributed by atoms with Crippen LogP contribution in [0.3, 0.4) is 0 Å². The van der Waals surface area contributed by atoms with Crippen molar-refractivity contribution in [1.82, 2.24) is 5.32 Å². The Labute approximate surface area is 151 Å². The highest BCUT2D eigenvalue weighted by Gasteiger charge is 2.42. The molecular weight excluding hydrogens is 332 g/mol. The number of amides is 2. The predicted molar refractivity (Wildman–Crippen MR) is 98.5 cm³/mol. The molecule has 1 aromatic carbocycles. The van der Waals surface area contributed by atoms with E-state index in [4.69, 9.17) is 11.5 Å². The molecule has 1 atom stereocenters. The second-order valence-electron chi connectivity index (χ2n) is 7.08. The number of nitrogens with one attached hydrogen (secondary N) is 1. The van der Waals surface area contributed by atoms with Gasteiger partial charge in [0.25, 0.3) is 0 Å². The van der Waals surface area contributed by atoms with E-state index in [1.807, 2.05) is 29.2 Å². The monoisotopic (exact) mass is 354 g/mol. The van der Waals surface area contributed by atoms with Gasteiger partial charge in [-0.15, -0.1) is 0 Å². The number of imide groups is 1. The highest BCUT2D eigenvalue weighted by atomic mass is 16.2. The number of hydrogen-bond acceptors (Lipinski definition) is 7. The molecule has 1 aromatic rings. The minimum atomic E-state index is -0.490. The molecule has 8 nitrogen and oxygen atoms in total. The largest absolute Gasteiger partial charge is 0.369 e. The van der Waals surface area contributed by atoms with Gasteiger partial charge in [0.05, 0.1) is 5.92 Å². The van der Waals surface area contributed by atoms with Crippen LogP contribution in [0.4, 0.5) is 5.69 Å². The third-order valence-electron chi connectivity index (χ3n) is 5.37. The maximum absolute atomic E-state index is 11.9. The Balaban J connectivity index is 1.66. The van der Waals surface area contributed by atoms with E-state index in [2.05, 4.69) is 15.3 Å². The lowest BCUT2D eigenvalue weighted by Gasteiger charge is -2.45. The predicted octanol–water partition coefficient (Wildman–Crippen LogP) is 0.926. The summed E-state index contributed by atoms with van der Waals surface area (Å²) in [5.41, 5.74) is 13.3.